The van der Waals surface area contributed by atoms with Gasteiger partial charge in [0.25, 0.3) is 0 Å². The Morgan fingerprint density at radius 3 is 2.77 bits per heavy atom. The zero-order valence-corrected chi connectivity index (χ0v) is 13.3. The molecule has 1 aromatic carbocycles. The van der Waals surface area contributed by atoms with Crippen LogP contribution in [-0.4, -0.2) is 63.3 Å². The number of benzene rings is 1. The number of morpholine rings is 1. The second kappa shape index (κ2) is 7.61. The molecule has 1 heterocycles. The third-order valence-corrected chi connectivity index (χ3v) is 4.39. The van der Waals surface area contributed by atoms with Gasteiger partial charge in [-0.15, -0.1) is 0 Å². The van der Waals surface area contributed by atoms with Crippen molar-refractivity contribution in [2.24, 2.45) is 4.99 Å². The highest BCUT2D eigenvalue weighted by Crippen LogP contribution is 2.40. The maximum absolute atomic E-state index is 5.36. The summed E-state index contributed by atoms with van der Waals surface area (Å²) < 4.78 is 5.36. The van der Waals surface area contributed by atoms with E-state index >= 15 is 0 Å². The molecule has 0 radical (unpaired) electrons. The fourth-order valence-corrected chi connectivity index (χ4v) is 2.95. The van der Waals surface area contributed by atoms with E-state index in [2.05, 4.69) is 50.9 Å². The minimum absolute atomic E-state index is 0.511. The first-order valence-corrected chi connectivity index (χ1v) is 8.19. The van der Waals surface area contributed by atoms with Crippen LogP contribution in [-0.2, 0) is 4.74 Å². The van der Waals surface area contributed by atoms with Crippen LogP contribution < -0.4 is 10.6 Å². The Balaban J connectivity index is 1.38. The summed E-state index contributed by atoms with van der Waals surface area (Å²) in [7, 11) is 1.84. The molecule has 22 heavy (non-hydrogen) atoms. The Kier molecular flexibility index (Phi) is 5.29. The number of aliphatic imine (C=N–C) groups is 1. The molecule has 2 aliphatic rings. The third-order valence-electron chi connectivity index (χ3n) is 4.39. The largest absolute Gasteiger partial charge is 0.379 e. The predicted molar refractivity (Wildman–Crippen MR) is 89.3 cm³/mol. The Morgan fingerprint density at radius 2 is 2.05 bits per heavy atom. The lowest BCUT2D eigenvalue weighted by molar-refractivity contribution is 0.0389. The first-order chi connectivity index (χ1) is 10.9. The van der Waals surface area contributed by atoms with E-state index < -0.39 is 0 Å². The van der Waals surface area contributed by atoms with Crippen LogP contribution in [0.2, 0.25) is 0 Å². The number of nitrogens with zero attached hydrogens (tertiary/aromatic N) is 2. The zero-order chi connectivity index (χ0) is 15.2. The van der Waals surface area contributed by atoms with E-state index in [1.54, 1.807) is 0 Å². The monoisotopic (exact) mass is 302 g/mol. The second-order valence-electron chi connectivity index (χ2n) is 5.96. The lowest BCUT2D eigenvalue weighted by Gasteiger charge is -2.26. The highest BCUT2D eigenvalue weighted by Gasteiger charge is 2.38. The van der Waals surface area contributed by atoms with Crippen molar-refractivity contribution in [1.29, 1.82) is 0 Å². The van der Waals surface area contributed by atoms with E-state index in [9.17, 15) is 0 Å². The van der Waals surface area contributed by atoms with Gasteiger partial charge >= 0.3 is 0 Å². The number of ether oxygens (including phenoxy) is 1. The molecule has 0 amide bonds. The molecule has 2 atom stereocenters. The van der Waals surface area contributed by atoms with Crippen molar-refractivity contribution in [1.82, 2.24) is 15.5 Å². The van der Waals surface area contributed by atoms with Crippen LogP contribution in [0.1, 0.15) is 17.9 Å². The maximum Gasteiger partial charge on any atom is 0.191 e. The molecule has 1 aromatic rings. The molecule has 0 aromatic heterocycles. The smallest absolute Gasteiger partial charge is 0.191 e. The lowest BCUT2D eigenvalue weighted by Crippen LogP contribution is -2.45. The van der Waals surface area contributed by atoms with Crippen molar-refractivity contribution in [3.63, 3.8) is 0 Å². The first kappa shape index (κ1) is 15.3. The van der Waals surface area contributed by atoms with Gasteiger partial charge in [-0.1, -0.05) is 30.3 Å². The highest BCUT2D eigenvalue weighted by atomic mass is 16.5. The van der Waals surface area contributed by atoms with Crippen LogP contribution in [0.25, 0.3) is 0 Å². The minimum atomic E-state index is 0.511. The summed E-state index contributed by atoms with van der Waals surface area (Å²) in [6, 6.07) is 11.2. The lowest BCUT2D eigenvalue weighted by atomic mass is 10.1. The number of nitrogens with one attached hydrogen (secondary N) is 2. The summed E-state index contributed by atoms with van der Waals surface area (Å²) in [5, 5.41) is 6.94. The normalized spacial score (nSPS) is 25.8. The molecule has 3 rings (SSSR count). The van der Waals surface area contributed by atoms with E-state index in [1.807, 2.05) is 7.05 Å². The van der Waals surface area contributed by atoms with Gasteiger partial charge in [0.1, 0.15) is 0 Å². The molecule has 1 aliphatic heterocycles. The molecule has 0 spiro atoms. The average Bonchev–Trinajstić information content (AvgIpc) is 3.35. The van der Waals surface area contributed by atoms with Gasteiger partial charge in [0.15, 0.2) is 5.96 Å². The summed E-state index contributed by atoms with van der Waals surface area (Å²) in [5.41, 5.74) is 1.42. The number of hydrogen-bond acceptors (Lipinski definition) is 3. The molecule has 2 fully saturated rings. The molecule has 120 valence electrons. The van der Waals surface area contributed by atoms with Crippen molar-refractivity contribution in [3.05, 3.63) is 35.9 Å². The van der Waals surface area contributed by atoms with Crippen molar-refractivity contribution >= 4 is 5.96 Å². The third kappa shape index (κ3) is 4.21. The van der Waals surface area contributed by atoms with Gasteiger partial charge in [0.05, 0.1) is 13.2 Å². The SMILES string of the molecule is CN=C(NCCN1CCOCC1)NC1CC1c1ccccc1. The standard InChI is InChI=1S/C17H26N4O/c1-18-17(19-7-8-21-9-11-22-12-10-21)20-16-13-15(16)14-5-3-2-4-6-14/h2-6,15-16H,7-13H2,1H3,(H2,18,19,20). The molecular formula is C17H26N4O. The van der Waals surface area contributed by atoms with Crippen molar-refractivity contribution in [3.8, 4) is 0 Å². The molecule has 5 heteroatoms. The van der Waals surface area contributed by atoms with Gasteiger partial charge in [-0.2, -0.15) is 0 Å². The molecular weight excluding hydrogens is 276 g/mol. The summed E-state index contributed by atoms with van der Waals surface area (Å²) in [6.07, 6.45) is 1.19. The van der Waals surface area contributed by atoms with Gasteiger partial charge in [0.2, 0.25) is 0 Å². The summed E-state index contributed by atoms with van der Waals surface area (Å²) in [4.78, 5) is 6.75. The molecule has 2 N–H and O–H groups in total. The number of rotatable bonds is 5. The van der Waals surface area contributed by atoms with Gasteiger partial charge in [-0.05, 0) is 12.0 Å². The Hall–Kier alpha value is -1.59. The summed E-state index contributed by atoms with van der Waals surface area (Å²) in [5.74, 6) is 1.54. The van der Waals surface area contributed by atoms with Crippen LogP contribution >= 0.6 is 0 Å². The highest BCUT2D eigenvalue weighted by molar-refractivity contribution is 5.80. The van der Waals surface area contributed by atoms with E-state index in [0.717, 1.165) is 45.4 Å². The van der Waals surface area contributed by atoms with Crippen molar-refractivity contribution in [2.75, 3.05) is 46.4 Å². The van der Waals surface area contributed by atoms with Gasteiger partial charge in [-0.25, -0.2) is 0 Å². The number of hydrogen-bond donors (Lipinski definition) is 2. The van der Waals surface area contributed by atoms with Crippen LogP contribution in [0, 0.1) is 0 Å². The zero-order valence-electron chi connectivity index (χ0n) is 13.3. The molecule has 2 unspecified atom stereocenters. The van der Waals surface area contributed by atoms with E-state index in [-0.39, 0.29) is 0 Å². The van der Waals surface area contributed by atoms with Crippen LogP contribution in [0.15, 0.2) is 35.3 Å². The van der Waals surface area contributed by atoms with Crippen molar-refractivity contribution in [2.45, 2.75) is 18.4 Å². The molecule has 1 saturated carbocycles. The molecule has 1 saturated heterocycles. The summed E-state index contributed by atoms with van der Waals surface area (Å²) in [6.45, 7) is 5.74. The Bertz CT molecular complexity index is 485. The number of guanidine groups is 1. The Labute approximate surface area is 132 Å². The van der Waals surface area contributed by atoms with E-state index in [1.165, 1.54) is 12.0 Å². The average molecular weight is 302 g/mol. The second-order valence-corrected chi connectivity index (χ2v) is 5.96. The fraction of sp³-hybridized carbons (Fsp3) is 0.588. The van der Waals surface area contributed by atoms with Crippen LogP contribution in [0.4, 0.5) is 0 Å². The quantitative estimate of drug-likeness (QED) is 0.630. The van der Waals surface area contributed by atoms with Gasteiger partial charge in [-0.3, -0.25) is 9.89 Å². The van der Waals surface area contributed by atoms with Gasteiger partial charge in [0, 0.05) is 45.2 Å². The topological polar surface area (TPSA) is 48.9 Å². The molecule has 0 bridgehead atoms. The van der Waals surface area contributed by atoms with Crippen molar-refractivity contribution < 1.29 is 4.74 Å². The first-order valence-electron chi connectivity index (χ1n) is 8.19. The molecule has 5 nitrogen and oxygen atoms in total. The van der Waals surface area contributed by atoms with E-state index in [4.69, 9.17) is 4.74 Å². The molecule has 1 aliphatic carbocycles. The maximum atomic E-state index is 5.36. The Morgan fingerprint density at radius 1 is 1.27 bits per heavy atom. The van der Waals surface area contributed by atoms with E-state index in [0.29, 0.717) is 12.0 Å². The van der Waals surface area contributed by atoms with Crippen LogP contribution in [0.5, 0.6) is 0 Å². The minimum Gasteiger partial charge on any atom is -0.379 e. The van der Waals surface area contributed by atoms with Crippen LogP contribution in [0.3, 0.4) is 0 Å². The predicted octanol–water partition coefficient (Wildman–Crippen LogP) is 1.04. The summed E-state index contributed by atoms with van der Waals surface area (Å²) >= 11 is 0. The fourth-order valence-electron chi connectivity index (χ4n) is 2.95. The van der Waals surface area contributed by atoms with Gasteiger partial charge < -0.3 is 15.4 Å².